The number of nitrogens with two attached hydrogens (primary N) is 2. The molecule has 1 aromatic heterocycles. The first-order chi connectivity index (χ1) is 16.2. The zero-order valence-electron chi connectivity index (χ0n) is 22.8. The summed E-state index contributed by atoms with van der Waals surface area (Å²) < 4.78 is 11.5. The Balaban J connectivity index is 0.00000201. The van der Waals surface area contributed by atoms with E-state index in [1.54, 1.807) is 14.1 Å². The Morgan fingerprint density at radius 2 is 1.71 bits per heavy atom. The zero-order chi connectivity index (χ0) is 26.1. The third-order valence-electron chi connectivity index (χ3n) is 5.10. The average molecular weight is 480 g/mol. The van der Waals surface area contributed by atoms with Gasteiger partial charge in [-0.3, -0.25) is 0 Å². The van der Waals surface area contributed by atoms with Gasteiger partial charge in [-0.2, -0.15) is 0 Å². The number of carbonyl (C=O) groups excluding carboxylic acids is 1. The third-order valence-corrected chi connectivity index (χ3v) is 5.10. The number of hydrogen-bond donors (Lipinski definition) is 2. The second-order valence-corrected chi connectivity index (χ2v) is 8.31. The van der Waals surface area contributed by atoms with Crippen molar-refractivity contribution in [1.82, 2.24) is 14.9 Å². The molecular formula is C26H49N5O3. The monoisotopic (exact) mass is 479 g/mol. The van der Waals surface area contributed by atoms with E-state index in [2.05, 4.69) is 18.8 Å². The van der Waals surface area contributed by atoms with Gasteiger partial charge in [0.25, 0.3) is 0 Å². The zero-order valence-corrected chi connectivity index (χ0v) is 22.8. The molecule has 1 aliphatic rings. The lowest BCUT2D eigenvalue weighted by molar-refractivity contribution is 0.113. The van der Waals surface area contributed by atoms with Gasteiger partial charge in [-0.1, -0.05) is 47.5 Å². The molecule has 0 unspecified atom stereocenters. The normalized spacial score (nSPS) is 13.9. The molecule has 1 amide bonds. The summed E-state index contributed by atoms with van der Waals surface area (Å²) in [6.07, 6.45) is 7.82. The molecule has 8 heteroatoms. The molecule has 1 aromatic rings. The minimum atomic E-state index is -0.417. The van der Waals surface area contributed by atoms with Crippen molar-refractivity contribution < 1.29 is 14.3 Å². The van der Waals surface area contributed by atoms with Crippen LogP contribution in [-0.4, -0.2) is 54.3 Å². The molecule has 8 nitrogen and oxygen atoms in total. The maximum absolute atomic E-state index is 12.1. The Bertz CT molecular complexity index is 731. The lowest BCUT2D eigenvalue weighted by Crippen LogP contribution is -2.34. The molecule has 196 valence electrons. The maximum Gasteiger partial charge on any atom is 0.409 e. The standard InChI is InChI=1S/C21H35N5O3.C3H8.C2H6/c1-5-13-25(3)21(27)28-14-18(26(4)23)20(22)17-11-12-19(15(2)24-17)29-16-9-7-6-8-10-16;1-3-2;1-2/h11-12,16H,5-10,13-14,22-23H2,1-4H3;3H2,1-2H3;1-2H3/b20-18-;;. The Kier molecular flexibility index (Phi) is 16.6. The second kappa shape index (κ2) is 17.9. The van der Waals surface area contributed by atoms with Crippen molar-refractivity contribution in [3.63, 3.8) is 0 Å². The van der Waals surface area contributed by atoms with Crippen molar-refractivity contribution in [1.29, 1.82) is 0 Å². The molecule has 0 aliphatic heterocycles. The summed E-state index contributed by atoms with van der Waals surface area (Å²) in [4.78, 5) is 18.2. The molecule has 2 rings (SSSR count). The van der Waals surface area contributed by atoms with Gasteiger partial charge in [0, 0.05) is 20.6 Å². The molecular weight excluding hydrogens is 430 g/mol. The van der Waals surface area contributed by atoms with E-state index in [9.17, 15) is 4.79 Å². The second-order valence-electron chi connectivity index (χ2n) is 8.31. The Morgan fingerprint density at radius 3 is 2.21 bits per heavy atom. The van der Waals surface area contributed by atoms with Crippen molar-refractivity contribution >= 4 is 11.8 Å². The van der Waals surface area contributed by atoms with Crippen molar-refractivity contribution in [3.8, 4) is 5.75 Å². The van der Waals surface area contributed by atoms with Crippen LogP contribution in [0.4, 0.5) is 4.79 Å². The van der Waals surface area contributed by atoms with Crippen molar-refractivity contribution in [2.24, 2.45) is 11.6 Å². The largest absolute Gasteiger partial charge is 0.489 e. The van der Waals surface area contributed by atoms with Crippen LogP contribution in [0.5, 0.6) is 5.75 Å². The van der Waals surface area contributed by atoms with E-state index < -0.39 is 6.09 Å². The number of hydrogen-bond acceptors (Lipinski definition) is 7. The van der Waals surface area contributed by atoms with Crippen molar-refractivity contribution in [2.75, 3.05) is 27.2 Å². The molecule has 0 aromatic carbocycles. The van der Waals surface area contributed by atoms with Crippen LogP contribution >= 0.6 is 0 Å². The number of rotatable bonds is 8. The van der Waals surface area contributed by atoms with Crippen LogP contribution in [0.1, 0.15) is 91.0 Å². The molecule has 0 radical (unpaired) electrons. The summed E-state index contributed by atoms with van der Waals surface area (Å²) >= 11 is 0. The summed E-state index contributed by atoms with van der Waals surface area (Å²) in [6, 6.07) is 3.71. The van der Waals surface area contributed by atoms with E-state index in [0.29, 0.717) is 23.6 Å². The number of ether oxygens (including phenoxy) is 2. The third kappa shape index (κ3) is 11.1. The van der Waals surface area contributed by atoms with E-state index >= 15 is 0 Å². The number of amides is 1. The average Bonchev–Trinajstić information content (AvgIpc) is 2.82. The number of aromatic nitrogens is 1. The minimum Gasteiger partial charge on any atom is -0.489 e. The van der Waals surface area contributed by atoms with Crippen LogP contribution in [0.2, 0.25) is 0 Å². The molecule has 0 atom stereocenters. The van der Waals surface area contributed by atoms with Crippen molar-refractivity contribution in [2.45, 2.75) is 92.6 Å². The number of aryl methyl sites for hydroxylation is 1. The molecule has 1 aliphatic carbocycles. The fourth-order valence-corrected chi connectivity index (χ4v) is 3.37. The van der Waals surface area contributed by atoms with Crippen molar-refractivity contribution in [3.05, 3.63) is 29.2 Å². The van der Waals surface area contributed by atoms with Gasteiger partial charge >= 0.3 is 6.09 Å². The molecule has 4 N–H and O–H groups in total. The fourth-order valence-electron chi connectivity index (χ4n) is 3.37. The van der Waals surface area contributed by atoms with Crippen LogP contribution in [0.25, 0.3) is 5.70 Å². The number of likely N-dealkylation sites (N-methyl/N-ethyl adjacent to an activating group) is 1. The molecule has 0 saturated heterocycles. The Hall–Kier alpha value is -2.48. The first-order valence-corrected chi connectivity index (χ1v) is 12.7. The number of nitrogens with zero attached hydrogens (tertiary/aromatic N) is 3. The van der Waals surface area contributed by atoms with E-state index in [1.807, 2.05) is 39.8 Å². The highest BCUT2D eigenvalue weighted by atomic mass is 16.6. The van der Waals surface area contributed by atoms with Gasteiger partial charge in [-0.15, -0.1) is 0 Å². The molecule has 1 fully saturated rings. The first-order valence-electron chi connectivity index (χ1n) is 12.7. The predicted octanol–water partition coefficient (Wildman–Crippen LogP) is 5.46. The highest BCUT2D eigenvalue weighted by molar-refractivity contribution is 5.68. The molecule has 0 spiro atoms. The van der Waals surface area contributed by atoms with Gasteiger partial charge in [-0.25, -0.2) is 15.6 Å². The van der Waals surface area contributed by atoms with Crippen LogP contribution in [0, 0.1) is 6.92 Å². The summed E-state index contributed by atoms with van der Waals surface area (Å²) in [5.41, 5.74) is 8.51. The highest BCUT2D eigenvalue weighted by Crippen LogP contribution is 2.26. The summed E-state index contributed by atoms with van der Waals surface area (Å²) in [5.74, 6) is 6.71. The van der Waals surface area contributed by atoms with Gasteiger partial charge in [0.05, 0.1) is 28.9 Å². The van der Waals surface area contributed by atoms with Gasteiger partial charge in [0.2, 0.25) is 0 Å². The lowest BCUT2D eigenvalue weighted by atomic mass is 9.98. The summed E-state index contributed by atoms with van der Waals surface area (Å²) in [5, 5.41) is 1.35. The van der Waals surface area contributed by atoms with Crippen LogP contribution in [0.3, 0.4) is 0 Å². The molecule has 34 heavy (non-hydrogen) atoms. The predicted molar refractivity (Wildman–Crippen MR) is 141 cm³/mol. The van der Waals surface area contributed by atoms with Crippen LogP contribution < -0.4 is 16.3 Å². The smallest absolute Gasteiger partial charge is 0.409 e. The number of hydrazine groups is 1. The SMILES string of the molecule is CC.CCC.CCCN(C)C(=O)OC/C(=C(/N)c1ccc(OC2CCCCC2)c(C)n1)N(C)N. The molecule has 1 saturated carbocycles. The van der Waals surface area contributed by atoms with Crippen LogP contribution in [-0.2, 0) is 4.74 Å². The lowest BCUT2D eigenvalue weighted by Gasteiger charge is -2.24. The van der Waals surface area contributed by atoms with Gasteiger partial charge < -0.3 is 25.1 Å². The van der Waals surface area contributed by atoms with Crippen LogP contribution in [0.15, 0.2) is 17.8 Å². The van der Waals surface area contributed by atoms with Gasteiger partial charge in [0.1, 0.15) is 12.4 Å². The quantitative estimate of drug-likeness (QED) is 0.377. The maximum atomic E-state index is 12.1. The minimum absolute atomic E-state index is 0.0349. The molecule has 0 bridgehead atoms. The van der Waals surface area contributed by atoms with Gasteiger partial charge in [0.15, 0.2) is 0 Å². The Morgan fingerprint density at radius 1 is 1.12 bits per heavy atom. The van der Waals surface area contributed by atoms with E-state index in [4.69, 9.17) is 21.1 Å². The molecule has 1 heterocycles. The van der Waals surface area contributed by atoms with E-state index in [-0.39, 0.29) is 12.7 Å². The number of carbonyl (C=O) groups is 1. The summed E-state index contributed by atoms with van der Waals surface area (Å²) in [6.45, 7) is 12.7. The van der Waals surface area contributed by atoms with Gasteiger partial charge in [-0.05, 0) is 51.2 Å². The topological polar surface area (TPSA) is 107 Å². The van der Waals surface area contributed by atoms with E-state index in [0.717, 1.165) is 30.7 Å². The highest BCUT2D eigenvalue weighted by Gasteiger charge is 2.18. The summed E-state index contributed by atoms with van der Waals surface area (Å²) in [7, 11) is 3.35. The van der Waals surface area contributed by atoms with E-state index in [1.165, 1.54) is 35.6 Å². The Labute approximate surface area is 207 Å². The first kappa shape index (κ1) is 31.5. The fraction of sp³-hybridized carbons (Fsp3) is 0.692. The number of pyridine rings is 1.